The van der Waals surface area contributed by atoms with E-state index in [1.165, 1.54) is 0 Å². The van der Waals surface area contributed by atoms with Crippen LogP contribution in [0.3, 0.4) is 0 Å². The number of aryl methyl sites for hydroxylation is 1. The quantitative estimate of drug-likeness (QED) is 0.577. The third kappa shape index (κ3) is 7.28. The highest BCUT2D eigenvalue weighted by atomic mass is 16.5. The Morgan fingerprint density at radius 2 is 1.79 bits per heavy atom. The first-order valence-corrected chi connectivity index (χ1v) is 9.13. The number of hydrogen-bond donors (Lipinski definition) is 3. The Balaban J connectivity index is 1.66. The van der Waals surface area contributed by atoms with Gasteiger partial charge in [0.05, 0.1) is 13.2 Å². The molecule has 0 fully saturated rings. The average Bonchev–Trinajstić information content (AvgIpc) is 2.69. The van der Waals surface area contributed by atoms with Crippen molar-refractivity contribution in [1.82, 2.24) is 10.6 Å². The zero-order chi connectivity index (χ0) is 20.4. The van der Waals surface area contributed by atoms with E-state index in [9.17, 15) is 14.7 Å². The molecular formula is C21H26N2O5. The fourth-order valence-corrected chi connectivity index (χ4v) is 2.38. The maximum Gasteiger partial charge on any atom is 0.251 e. The Kier molecular flexibility index (Phi) is 8.30. The Hall–Kier alpha value is -3.06. The lowest BCUT2D eigenvalue weighted by Gasteiger charge is -2.14. The summed E-state index contributed by atoms with van der Waals surface area (Å²) in [6.07, 6.45) is -0.855. The van der Waals surface area contributed by atoms with Crippen LogP contribution in [0.4, 0.5) is 0 Å². The van der Waals surface area contributed by atoms with Crippen molar-refractivity contribution in [3.05, 3.63) is 59.7 Å². The predicted molar refractivity (Wildman–Crippen MR) is 106 cm³/mol. The molecule has 7 heteroatoms. The molecule has 2 rings (SSSR count). The second-order valence-electron chi connectivity index (χ2n) is 6.23. The van der Waals surface area contributed by atoms with Gasteiger partial charge in [-0.05, 0) is 55.8 Å². The lowest BCUT2D eigenvalue weighted by Crippen LogP contribution is -2.41. The zero-order valence-corrected chi connectivity index (χ0v) is 16.1. The van der Waals surface area contributed by atoms with Crippen molar-refractivity contribution in [3.8, 4) is 11.5 Å². The number of hydrogen-bond acceptors (Lipinski definition) is 5. The summed E-state index contributed by atoms with van der Waals surface area (Å²) in [5.74, 6) is 0.585. The monoisotopic (exact) mass is 386 g/mol. The van der Waals surface area contributed by atoms with Crippen LogP contribution in [0.15, 0.2) is 48.5 Å². The van der Waals surface area contributed by atoms with Gasteiger partial charge in [0.2, 0.25) is 5.91 Å². The highest BCUT2D eigenvalue weighted by Gasteiger charge is 2.11. The van der Waals surface area contributed by atoms with E-state index in [-0.39, 0.29) is 25.6 Å². The largest absolute Gasteiger partial charge is 0.494 e. The molecule has 0 aliphatic carbocycles. The van der Waals surface area contributed by atoms with Gasteiger partial charge < -0.3 is 25.2 Å². The summed E-state index contributed by atoms with van der Waals surface area (Å²) in [5, 5.41) is 15.0. The summed E-state index contributed by atoms with van der Waals surface area (Å²) in [6.45, 7) is 4.28. The normalized spacial score (nSPS) is 11.4. The SMILES string of the molecule is CCOc1ccc(C(=O)NCC(=O)NCC(O)COc2cccc(C)c2)cc1. The molecule has 0 aliphatic rings. The van der Waals surface area contributed by atoms with E-state index in [4.69, 9.17) is 9.47 Å². The molecule has 0 bridgehead atoms. The molecule has 150 valence electrons. The van der Waals surface area contributed by atoms with E-state index in [0.717, 1.165) is 5.56 Å². The fourth-order valence-electron chi connectivity index (χ4n) is 2.38. The summed E-state index contributed by atoms with van der Waals surface area (Å²) in [7, 11) is 0. The molecule has 28 heavy (non-hydrogen) atoms. The summed E-state index contributed by atoms with van der Waals surface area (Å²) < 4.78 is 10.8. The van der Waals surface area contributed by atoms with Crippen molar-refractivity contribution in [1.29, 1.82) is 0 Å². The molecule has 2 aromatic carbocycles. The number of ether oxygens (including phenoxy) is 2. The van der Waals surface area contributed by atoms with Gasteiger partial charge in [0.25, 0.3) is 5.91 Å². The third-order valence-corrected chi connectivity index (χ3v) is 3.80. The van der Waals surface area contributed by atoms with E-state index in [1.54, 1.807) is 30.3 Å². The van der Waals surface area contributed by atoms with Crippen molar-refractivity contribution >= 4 is 11.8 Å². The molecule has 0 radical (unpaired) electrons. The molecule has 1 atom stereocenters. The number of aliphatic hydroxyl groups excluding tert-OH is 1. The summed E-state index contributed by atoms with van der Waals surface area (Å²) in [4.78, 5) is 23.9. The second-order valence-corrected chi connectivity index (χ2v) is 6.23. The van der Waals surface area contributed by atoms with E-state index in [2.05, 4.69) is 10.6 Å². The summed E-state index contributed by atoms with van der Waals surface area (Å²) in [5.41, 5.74) is 1.49. The van der Waals surface area contributed by atoms with Crippen LogP contribution in [0.25, 0.3) is 0 Å². The lowest BCUT2D eigenvalue weighted by atomic mass is 10.2. The van der Waals surface area contributed by atoms with Gasteiger partial charge in [-0.2, -0.15) is 0 Å². The molecule has 0 saturated heterocycles. The van der Waals surface area contributed by atoms with E-state index in [0.29, 0.717) is 23.7 Å². The highest BCUT2D eigenvalue weighted by Crippen LogP contribution is 2.13. The molecule has 0 spiro atoms. The molecule has 3 N–H and O–H groups in total. The van der Waals surface area contributed by atoms with Crippen LogP contribution < -0.4 is 20.1 Å². The van der Waals surface area contributed by atoms with Crippen molar-refractivity contribution < 1.29 is 24.2 Å². The molecule has 1 unspecified atom stereocenters. The average molecular weight is 386 g/mol. The molecule has 0 saturated carbocycles. The number of aliphatic hydroxyl groups is 1. The maximum absolute atomic E-state index is 12.0. The first kappa shape index (κ1) is 21.2. The van der Waals surface area contributed by atoms with Crippen LogP contribution in [-0.4, -0.2) is 49.3 Å². The smallest absolute Gasteiger partial charge is 0.251 e. The molecule has 2 amide bonds. The van der Waals surface area contributed by atoms with Gasteiger partial charge in [-0.15, -0.1) is 0 Å². The topological polar surface area (TPSA) is 96.9 Å². The van der Waals surface area contributed by atoms with E-state index < -0.39 is 12.0 Å². The predicted octanol–water partition coefficient (Wildman–Crippen LogP) is 1.68. The number of carbonyl (C=O) groups excluding carboxylic acids is 2. The minimum atomic E-state index is -0.855. The molecule has 0 aliphatic heterocycles. The number of carbonyl (C=O) groups is 2. The Labute approximate surface area is 164 Å². The Morgan fingerprint density at radius 1 is 1.04 bits per heavy atom. The van der Waals surface area contributed by atoms with Crippen LogP contribution in [0, 0.1) is 6.92 Å². The molecular weight excluding hydrogens is 360 g/mol. The van der Waals surface area contributed by atoms with Gasteiger partial charge in [-0.3, -0.25) is 9.59 Å². The Morgan fingerprint density at radius 3 is 2.46 bits per heavy atom. The van der Waals surface area contributed by atoms with Crippen LogP contribution >= 0.6 is 0 Å². The molecule has 0 heterocycles. The second kappa shape index (κ2) is 10.9. The fraction of sp³-hybridized carbons (Fsp3) is 0.333. The minimum Gasteiger partial charge on any atom is -0.494 e. The van der Waals surface area contributed by atoms with Gasteiger partial charge in [0, 0.05) is 12.1 Å². The van der Waals surface area contributed by atoms with Crippen LogP contribution in [0.1, 0.15) is 22.8 Å². The standard InChI is InChI=1S/C21H26N2O5/c1-3-27-18-9-7-16(8-10-18)21(26)23-13-20(25)22-12-17(24)14-28-19-6-4-5-15(2)11-19/h4-11,17,24H,3,12-14H2,1-2H3,(H,22,25)(H,23,26). The lowest BCUT2D eigenvalue weighted by molar-refractivity contribution is -0.120. The molecule has 0 aromatic heterocycles. The maximum atomic E-state index is 12.0. The number of amides is 2. The Bertz CT molecular complexity index is 777. The van der Waals surface area contributed by atoms with E-state index in [1.807, 2.05) is 32.0 Å². The third-order valence-electron chi connectivity index (χ3n) is 3.80. The highest BCUT2D eigenvalue weighted by molar-refractivity contribution is 5.96. The molecule has 2 aromatic rings. The van der Waals surface area contributed by atoms with Gasteiger partial charge in [0.1, 0.15) is 24.2 Å². The van der Waals surface area contributed by atoms with Crippen molar-refractivity contribution in [2.75, 3.05) is 26.3 Å². The van der Waals surface area contributed by atoms with Gasteiger partial charge in [-0.1, -0.05) is 12.1 Å². The van der Waals surface area contributed by atoms with Gasteiger partial charge >= 0.3 is 0 Å². The molecule has 7 nitrogen and oxygen atoms in total. The van der Waals surface area contributed by atoms with Crippen LogP contribution in [0.2, 0.25) is 0 Å². The minimum absolute atomic E-state index is 0.0313. The summed E-state index contributed by atoms with van der Waals surface area (Å²) >= 11 is 0. The van der Waals surface area contributed by atoms with Crippen molar-refractivity contribution in [2.24, 2.45) is 0 Å². The first-order valence-electron chi connectivity index (χ1n) is 9.13. The van der Waals surface area contributed by atoms with Gasteiger partial charge in [0.15, 0.2) is 0 Å². The summed E-state index contributed by atoms with van der Waals surface area (Å²) in [6, 6.07) is 14.1. The first-order chi connectivity index (χ1) is 13.5. The van der Waals surface area contributed by atoms with Crippen LogP contribution in [0.5, 0.6) is 11.5 Å². The zero-order valence-electron chi connectivity index (χ0n) is 16.1. The van der Waals surface area contributed by atoms with Crippen molar-refractivity contribution in [2.45, 2.75) is 20.0 Å². The number of rotatable bonds is 10. The van der Waals surface area contributed by atoms with Crippen LogP contribution in [-0.2, 0) is 4.79 Å². The number of benzene rings is 2. The number of nitrogens with one attached hydrogen (secondary N) is 2. The van der Waals surface area contributed by atoms with Crippen molar-refractivity contribution in [3.63, 3.8) is 0 Å². The van der Waals surface area contributed by atoms with E-state index >= 15 is 0 Å². The van der Waals surface area contributed by atoms with Gasteiger partial charge in [-0.25, -0.2) is 0 Å².